The highest BCUT2D eigenvalue weighted by atomic mass is 19.1. The van der Waals surface area contributed by atoms with E-state index in [0.29, 0.717) is 11.6 Å². The van der Waals surface area contributed by atoms with Crippen LogP contribution in [0.1, 0.15) is 17.2 Å². The summed E-state index contributed by atoms with van der Waals surface area (Å²) in [6, 6.07) is 17.0. The highest BCUT2D eigenvalue weighted by molar-refractivity contribution is 5.94. The first kappa shape index (κ1) is 12.4. The third kappa shape index (κ3) is 1.98. The second-order valence-corrected chi connectivity index (χ2v) is 5.35. The molecular weight excluding hydrogens is 269 g/mol. The van der Waals surface area contributed by atoms with E-state index in [1.165, 1.54) is 0 Å². The Kier molecular flexibility index (Phi) is 2.70. The van der Waals surface area contributed by atoms with Crippen molar-refractivity contribution in [1.82, 2.24) is 0 Å². The zero-order chi connectivity index (χ0) is 14.3. The van der Waals surface area contributed by atoms with Crippen LogP contribution in [0.25, 0.3) is 0 Å². The Morgan fingerprint density at radius 1 is 1.05 bits per heavy atom. The van der Waals surface area contributed by atoms with Crippen LogP contribution in [-0.4, -0.2) is 24.7 Å². The molecule has 0 spiro atoms. The number of halogens is 1. The number of para-hydroxylation sites is 1. The fourth-order valence-electron chi connectivity index (χ4n) is 2.77. The second kappa shape index (κ2) is 4.58. The van der Waals surface area contributed by atoms with E-state index in [2.05, 4.69) is 4.99 Å². The van der Waals surface area contributed by atoms with Crippen molar-refractivity contribution in [3.05, 3.63) is 65.7 Å². The lowest BCUT2D eigenvalue weighted by atomic mass is 9.89. The van der Waals surface area contributed by atoms with E-state index in [4.69, 9.17) is 9.47 Å². The minimum Gasteiger partial charge on any atom is -0.490 e. The number of hydrogen-bond acceptors (Lipinski definition) is 3. The Hall–Kier alpha value is -2.36. The number of nitrogens with zero attached hydrogens (tertiary/aromatic N) is 1. The summed E-state index contributed by atoms with van der Waals surface area (Å²) in [4.78, 5) is 4.27. The molecule has 21 heavy (non-hydrogen) atoms. The average Bonchev–Trinajstić information content (AvgIpc) is 2.55. The Labute approximate surface area is 122 Å². The summed E-state index contributed by atoms with van der Waals surface area (Å²) < 4.78 is 26.4. The van der Waals surface area contributed by atoms with Gasteiger partial charge in [0.05, 0.1) is 6.54 Å². The van der Waals surface area contributed by atoms with Gasteiger partial charge >= 0.3 is 0 Å². The Morgan fingerprint density at radius 3 is 2.67 bits per heavy atom. The molecule has 2 aliphatic rings. The molecule has 2 aliphatic heterocycles. The molecule has 0 fully saturated rings. The molecule has 0 radical (unpaired) electrons. The first-order chi connectivity index (χ1) is 10.3. The van der Waals surface area contributed by atoms with Crippen LogP contribution < -0.4 is 4.74 Å². The molecule has 0 unspecified atom stereocenters. The first-order valence-electron chi connectivity index (χ1n) is 6.93. The lowest BCUT2D eigenvalue weighted by molar-refractivity contribution is -0.0535. The van der Waals surface area contributed by atoms with Crippen molar-refractivity contribution < 1.29 is 13.9 Å². The summed E-state index contributed by atoms with van der Waals surface area (Å²) in [5, 5.41) is 0. The Bertz CT molecular complexity index is 701. The fourth-order valence-corrected chi connectivity index (χ4v) is 2.77. The lowest BCUT2D eigenvalue weighted by Crippen LogP contribution is -2.48. The van der Waals surface area contributed by atoms with E-state index in [-0.39, 0.29) is 13.2 Å². The average molecular weight is 283 g/mol. The van der Waals surface area contributed by atoms with Gasteiger partial charge in [-0.15, -0.1) is 0 Å². The molecule has 0 aromatic heterocycles. The maximum Gasteiger partial charge on any atom is 0.216 e. The van der Waals surface area contributed by atoms with Gasteiger partial charge in [-0.05, 0) is 18.2 Å². The van der Waals surface area contributed by atoms with E-state index in [1.807, 2.05) is 54.6 Å². The van der Waals surface area contributed by atoms with Crippen LogP contribution in [0.4, 0.5) is 4.39 Å². The zero-order valence-corrected chi connectivity index (χ0v) is 11.3. The summed E-state index contributed by atoms with van der Waals surface area (Å²) >= 11 is 0. The van der Waals surface area contributed by atoms with Crippen molar-refractivity contribution in [2.24, 2.45) is 4.99 Å². The van der Waals surface area contributed by atoms with Crippen LogP contribution in [-0.2, 0) is 4.74 Å². The van der Waals surface area contributed by atoms with E-state index in [9.17, 15) is 0 Å². The number of ether oxygens (including phenoxy) is 2. The lowest BCUT2D eigenvalue weighted by Gasteiger charge is -2.40. The number of rotatable bonds is 1. The molecule has 4 rings (SSSR count). The highest BCUT2D eigenvalue weighted by Crippen LogP contribution is 2.44. The normalized spacial score (nSPS) is 26.7. The molecule has 2 atom stereocenters. The van der Waals surface area contributed by atoms with Crippen LogP contribution in [0.15, 0.2) is 59.6 Å². The summed E-state index contributed by atoms with van der Waals surface area (Å²) in [6.45, 7) is 0.0243. The third-order valence-corrected chi connectivity index (χ3v) is 3.87. The molecule has 4 heteroatoms. The molecule has 0 aliphatic carbocycles. The van der Waals surface area contributed by atoms with Gasteiger partial charge in [0.25, 0.3) is 0 Å². The van der Waals surface area contributed by atoms with Crippen LogP contribution in [0.5, 0.6) is 5.75 Å². The van der Waals surface area contributed by atoms with Crippen molar-refractivity contribution in [2.75, 3.05) is 13.2 Å². The maximum absolute atomic E-state index is 15.0. The monoisotopic (exact) mass is 283 g/mol. The topological polar surface area (TPSA) is 30.8 Å². The van der Waals surface area contributed by atoms with E-state index < -0.39 is 11.8 Å². The van der Waals surface area contributed by atoms with Gasteiger partial charge in [0.1, 0.15) is 12.4 Å². The summed E-state index contributed by atoms with van der Waals surface area (Å²) in [7, 11) is 0. The van der Waals surface area contributed by atoms with Gasteiger partial charge in [-0.3, -0.25) is 0 Å². The Morgan fingerprint density at radius 2 is 1.81 bits per heavy atom. The number of hydrogen-bond donors (Lipinski definition) is 0. The van der Waals surface area contributed by atoms with Crippen molar-refractivity contribution >= 4 is 5.90 Å². The largest absolute Gasteiger partial charge is 0.490 e. The van der Waals surface area contributed by atoms with Crippen LogP contribution in [0.2, 0.25) is 0 Å². The van der Waals surface area contributed by atoms with Gasteiger partial charge in [0.15, 0.2) is 6.10 Å². The van der Waals surface area contributed by atoms with Crippen LogP contribution >= 0.6 is 0 Å². The van der Waals surface area contributed by atoms with Crippen LogP contribution in [0, 0.1) is 0 Å². The van der Waals surface area contributed by atoms with E-state index in [0.717, 1.165) is 11.1 Å². The molecule has 2 heterocycles. The number of fused-ring (bicyclic) bond motifs is 3. The molecule has 0 saturated carbocycles. The van der Waals surface area contributed by atoms with Gasteiger partial charge in [-0.1, -0.05) is 36.4 Å². The smallest absolute Gasteiger partial charge is 0.216 e. The first-order valence-corrected chi connectivity index (χ1v) is 6.93. The Balaban J connectivity index is 1.75. The predicted molar refractivity (Wildman–Crippen MR) is 77.4 cm³/mol. The molecule has 0 saturated heterocycles. The molecule has 2 aromatic rings. The molecule has 2 aromatic carbocycles. The maximum atomic E-state index is 15.0. The van der Waals surface area contributed by atoms with Gasteiger partial charge in [0.2, 0.25) is 11.6 Å². The molecule has 0 bridgehead atoms. The molecular formula is C17H14FNO2. The van der Waals surface area contributed by atoms with Gasteiger partial charge in [-0.2, -0.15) is 0 Å². The van der Waals surface area contributed by atoms with Crippen molar-refractivity contribution in [3.63, 3.8) is 0 Å². The minimum absolute atomic E-state index is 0.0275. The van der Waals surface area contributed by atoms with Crippen molar-refractivity contribution in [3.8, 4) is 5.75 Å². The SMILES string of the molecule is F[C@@]12CN=C(c3ccccc3)O[C@@H]1c1ccccc1OC2. The van der Waals surface area contributed by atoms with Crippen LogP contribution in [0.3, 0.4) is 0 Å². The molecule has 0 amide bonds. The van der Waals surface area contributed by atoms with E-state index >= 15 is 4.39 Å². The molecule has 0 N–H and O–H groups in total. The zero-order valence-electron chi connectivity index (χ0n) is 11.3. The summed E-state index contributed by atoms with van der Waals surface area (Å²) in [5.41, 5.74) is 0.00483. The van der Waals surface area contributed by atoms with Gasteiger partial charge < -0.3 is 9.47 Å². The van der Waals surface area contributed by atoms with Gasteiger partial charge in [0, 0.05) is 11.1 Å². The molecule has 106 valence electrons. The summed E-state index contributed by atoms with van der Waals surface area (Å²) in [6.07, 6.45) is -0.671. The van der Waals surface area contributed by atoms with Gasteiger partial charge in [-0.25, -0.2) is 9.38 Å². The van der Waals surface area contributed by atoms with Crippen molar-refractivity contribution in [1.29, 1.82) is 0 Å². The predicted octanol–water partition coefficient (Wildman–Crippen LogP) is 3.31. The molecule has 3 nitrogen and oxygen atoms in total. The van der Waals surface area contributed by atoms with Crippen molar-refractivity contribution in [2.45, 2.75) is 11.8 Å². The fraction of sp³-hybridized carbons (Fsp3) is 0.235. The minimum atomic E-state index is -1.60. The third-order valence-electron chi connectivity index (χ3n) is 3.87. The standard InChI is InChI=1S/C17H14FNO2/c18-17-10-19-16(12-6-2-1-3-7-12)21-15(17)13-8-4-5-9-14(13)20-11-17/h1-9,15H,10-11H2/t15-,17-/m1/s1. The number of alkyl halides is 1. The van der Waals surface area contributed by atoms with E-state index in [1.54, 1.807) is 0 Å². The number of aliphatic imine (C=N–C) groups is 1. The number of benzene rings is 2. The quantitative estimate of drug-likeness (QED) is 0.804. The highest BCUT2D eigenvalue weighted by Gasteiger charge is 2.50. The second-order valence-electron chi connectivity index (χ2n) is 5.35. The summed E-state index contributed by atoms with van der Waals surface area (Å²) in [5.74, 6) is 1.18.